The lowest BCUT2D eigenvalue weighted by atomic mass is 9.95. The number of nitrogens with two attached hydrogens (primary N) is 1. The van der Waals surface area contributed by atoms with Crippen LogP contribution < -0.4 is 10.5 Å². The summed E-state index contributed by atoms with van der Waals surface area (Å²) in [5.74, 6) is 0.804. The fourth-order valence-corrected chi connectivity index (χ4v) is 1.68. The van der Waals surface area contributed by atoms with E-state index in [1.54, 1.807) is 0 Å². The number of aliphatic hydroxyl groups excluding tert-OH is 1. The summed E-state index contributed by atoms with van der Waals surface area (Å²) in [6.07, 6.45) is -0.589. The molecule has 3 heteroatoms. The van der Waals surface area contributed by atoms with E-state index in [4.69, 9.17) is 10.5 Å². The van der Waals surface area contributed by atoms with Crippen LogP contribution in [-0.4, -0.2) is 17.8 Å². The molecule has 0 amide bonds. The van der Waals surface area contributed by atoms with Crippen molar-refractivity contribution in [3.8, 4) is 5.75 Å². The van der Waals surface area contributed by atoms with Gasteiger partial charge in [0.05, 0.1) is 6.04 Å². The topological polar surface area (TPSA) is 55.5 Å². The van der Waals surface area contributed by atoms with Crippen LogP contribution in [0.25, 0.3) is 0 Å². The highest BCUT2D eigenvalue weighted by Gasteiger charge is 2.27. The van der Waals surface area contributed by atoms with Gasteiger partial charge in [-0.1, -0.05) is 12.1 Å². The zero-order chi connectivity index (χ0) is 9.42. The van der Waals surface area contributed by atoms with E-state index < -0.39 is 6.10 Å². The summed E-state index contributed by atoms with van der Waals surface area (Å²) in [7, 11) is 0. The van der Waals surface area contributed by atoms with Gasteiger partial charge in [0.2, 0.25) is 0 Å². The Balaban J connectivity index is 2.51. The van der Waals surface area contributed by atoms with Crippen molar-refractivity contribution in [1.29, 1.82) is 0 Å². The Bertz CT molecular complexity index is 325. The largest absolute Gasteiger partial charge is 0.490 e. The first-order chi connectivity index (χ1) is 6.20. The summed E-state index contributed by atoms with van der Waals surface area (Å²) in [5.41, 5.74) is 7.87. The van der Waals surface area contributed by atoms with Gasteiger partial charge in [0.25, 0.3) is 0 Å². The van der Waals surface area contributed by atoms with Crippen molar-refractivity contribution < 1.29 is 9.84 Å². The molecule has 0 aliphatic carbocycles. The second-order valence-corrected chi connectivity index (χ2v) is 3.39. The minimum atomic E-state index is -0.589. The predicted octanol–water partition coefficient (Wildman–Crippen LogP) is 0.748. The summed E-state index contributed by atoms with van der Waals surface area (Å²) in [6, 6.07) is 5.47. The maximum absolute atomic E-state index is 9.50. The molecule has 1 aliphatic rings. The summed E-state index contributed by atoms with van der Waals surface area (Å²) < 4.78 is 5.36. The Morgan fingerprint density at radius 2 is 2.31 bits per heavy atom. The number of rotatable bonds is 0. The summed E-state index contributed by atoms with van der Waals surface area (Å²) in [6.45, 7) is 2.26. The van der Waals surface area contributed by atoms with Crippen LogP contribution in [-0.2, 0) is 0 Å². The average Bonchev–Trinajstić information content (AvgIpc) is 2.12. The van der Waals surface area contributed by atoms with E-state index in [1.807, 2.05) is 25.1 Å². The normalized spacial score (nSPS) is 26.4. The molecule has 0 radical (unpaired) electrons. The van der Waals surface area contributed by atoms with Crippen molar-refractivity contribution in [2.24, 2.45) is 5.73 Å². The molecule has 1 heterocycles. The Morgan fingerprint density at radius 3 is 3.08 bits per heavy atom. The molecule has 0 aromatic heterocycles. The van der Waals surface area contributed by atoms with Crippen LogP contribution >= 0.6 is 0 Å². The van der Waals surface area contributed by atoms with E-state index in [1.165, 1.54) is 0 Å². The molecule has 0 bridgehead atoms. The highest BCUT2D eigenvalue weighted by molar-refractivity contribution is 5.43. The van der Waals surface area contributed by atoms with Gasteiger partial charge in [-0.25, -0.2) is 0 Å². The number of ether oxygens (including phenoxy) is 1. The minimum Gasteiger partial charge on any atom is -0.490 e. The van der Waals surface area contributed by atoms with Crippen LogP contribution in [0, 0.1) is 6.92 Å². The summed E-state index contributed by atoms with van der Waals surface area (Å²) in [5, 5.41) is 9.50. The van der Waals surface area contributed by atoms with E-state index in [-0.39, 0.29) is 12.6 Å². The predicted molar refractivity (Wildman–Crippen MR) is 49.6 cm³/mol. The molecular formula is C10H13NO2. The molecule has 1 aromatic carbocycles. The van der Waals surface area contributed by atoms with Crippen molar-refractivity contribution in [3.63, 3.8) is 0 Å². The molecule has 2 unspecified atom stereocenters. The van der Waals surface area contributed by atoms with E-state index in [0.717, 1.165) is 16.9 Å². The quantitative estimate of drug-likeness (QED) is 0.618. The molecule has 3 nitrogen and oxygen atoms in total. The molecule has 13 heavy (non-hydrogen) atoms. The Kier molecular flexibility index (Phi) is 1.98. The third-order valence-electron chi connectivity index (χ3n) is 2.44. The molecule has 3 N–H and O–H groups in total. The van der Waals surface area contributed by atoms with Gasteiger partial charge in [-0.05, 0) is 18.6 Å². The molecule has 0 fully saturated rings. The number of aliphatic hydroxyl groups is 1. The standard InChI is InChI=1S/C10H13NO2/c1-6-3-2-4-8-9(6)10(11)7(12)5-13-8/h2-4,7,10,12H,5,11H2,1H3. The monoisotopic (exact) mass is 179 g/mol. The van der Waals surface area contributed by atoms with E-state index in [0.29, 0.717) is 0 Å². The smallest absolute Gasteiger partial charge is 0.124 e. The highest BCUT2D eigenvalue weighted by atomic mass is 16.5. The third-order valence-corrected chi connectivity index (χ3v) is 2.44. The third kappa shape index (κ3) is 1.30. The molecule has 70 valence electrons. The van der Waals surface area contributed by atoms with Crippen molar-refractivity contribution in [2.45, 2.75) is 19.1 Å². The van der Waals surface area contributed by atoms with Gasteiger partial charge in [-0.3, -0.25) is 0 Å². The van der Waals surface area contributed by atoms with Crippen LogP contribution in [0.4, 0.5) is 0 Å². The zero-order valence-corrected chi connectivity index (χ0v) is 7.53. The molecule has 1 aromatic rings. The maximum Gasteiger partial charge on any atom is 0.124 e. The Labute approximate surface area is 77.1 Å². The second kappa shape index (κ2) is 3.01. The van der Waals surface area contributed by atoms with Crippen LogP contribution in [0.15, 0.2) is 18.2 Å². The van der Waals surface area contributed by atoms with Crippen molar-refractivity contribution in [3.05, 3.63) is 29.3 Å². The van der Waals surface area contributed by atoms with E-state index >= 15 is 0 Å². The fourth-order valence-electron chi connectivity index (χ4n) is 1.68. The van der Waals surface area contributed by atoms with Gasteiger partial charge in [0.1, 0.15) is 18.5 Å². The lowest BCUT2D eigenvalue weighted by Gasteiger charge is -2.28. The van der Waals surface area contributed by atoms with Crippen LogP contribution in [0.2, 0.25) is 0 Å². The lowest BCUT2D eigenvalue weighted by Crippen LogP contribution is -2.36. The van der Waals surface area contributed by atoms with Gasteiger partial charge in [-0.15, -0.1) is 0 Å². The number of benzene rings is 1. The molecular weight excluding hydrogens is 166 g/mol. The van der Waals surface area contributed by atoms with Crippen molar-refractivity contribution in [2.75, 3.05) is 6.61 Å². The maximum atomic E-state index is 9.50. The van der Waals surface area contributed by atoms with Crippen LogP contribution in [0.3, 0.4) is 0 Å². The minimum absolute atomic E-state index is 0.289. The molecule has 0 saturated heterocycles. The average molecular weight is 179 g/mol. The SMILES string of the molecule is Cc1cccc2c1C(N)C(O)CO2. The fraction of sp³-hybridized carbons (Fsp3) is 0.400. The van der Waals surface area contributed by atoms with Gasteiger partial charge in [0, 0.05) is 5.56 Å². The summed E-state index contributed by atoms with van der Waals surface area (Å²) in [4.78, 5) is 0. The first kappa shape index (κ1) is 8.53. The highest BCUT2D eigenvalue weighted by Crippen LogP contribution is 2.32. The Hall–Kier alpha value is -1.06. The van der Waals surface area contributed by atoms with Gasteiger partial charge < -0.3 is 15.6 Å². The number of hydrogen-bond donors (Lipinski definition) is 2. The zero-order valence-electron chi connectivity index (χ0n) is 7.53. The lowest BCUT2D eigenvalue weighted by molar-refractivity contribution is 0.0675. The van der Waals surface area contributed by atoms with Gasteiger partial charge in [-0.2, -0.15) is 0 Å². The second-order valence-electron chi connectivity index (χ2n) is 3.39. The summed E-state index contributed by atoms with van der Waals surface area (Å²) >= 11 is 0. The molecule has 0 saturated carbocycles. The van der Waals surface area contributed by atoms with Crippen molar-refractivity contribution >= 4 is 0 Å². The van der Waals surface area contributed by atoms with Crippen molar-refractivity contribution in [1.82, 2.24) is 0 Å². The number of aryl methyl sites for hydroxylation is 1. The van der Waals surface area contributed by atoms with E-state index in [9.17, 15) is 5.11 Å². The molecule has 0 spiro atoms. The molecule has 2 atom stereocenters. The molecule has 1 aliphatic heterocycles. The van der Waals surface area contributed by atoms with Crippen LogP contribution in [0.5, 0.6) is 5.75 Å². The van der Waals surface area contributed by atoms with E-state index in [2.05, 4.69) is 0 Å². The number of fused-ring (bicyclic) bond motifs is 1. The van der Waals surface area contributed by atoms with Crippen LogP contribution in [0.1, 0.15) is 17.2 Å². The first-order valence-electron chi connectivity index (χ1n) is 4.36. The van der Waals surface area contributed by atoms with Gasteiger partial charge >= 0.3 is 0 Å². The van der Waals surface area contributed by atoms with Gasteiger partial charge in [0.15, 0.2) is 0 Å². The molecule has 2 rings (SSSR count). The first-order valence-corrected chi connectivity index (χ1v) is 4.36. The number of hydrogen-bond acceptors (Lipinski definition) is 3. The Morgan fingerprint density at radius 1 is 1.54 bits per heavy atom.